The van der Waals surface area contributed by atoms with Crippen LogP contribution in [0.3, 0.4) is 0 Å². The highest BCUT2D eigenvalue weighted by Gasteiger charge is 2.05. The number of H-pyrrole nitrogens is 1. The smallest absolute Gasteiger partial charge is 0.197 e. The first kappa shape index (κ1) is 9.01. The highest BCUT2D eigenvalue weighted by molar-refractivity contribution is 7.71. The summed E-state index contributed by atoms with van der Waals surface area (Å²) in [4.78, 5) is 7.14. The fraction of sp³-hybridized carbons (Fsp3) is 0.250. The third kappa shape index (κ3) is 1.56. The van der Waals surface area contributed by atoms with E-state index in [0.29, 0.717) is 4.77 Å². The average Bonchev–Trinajstić information content (AvgIpc) is 2.49. The third-order valence-corrected chi connectivity index (χ3v) is 2.05. The van der Waals surface area contributed by atoms with Crippen molar-refractivity contribution >= 4 is 12.2 Å². The van der Waals surface area contributed by atoms with E-state index >= 15 is 0 Å². The highest BCUT2D eigenvalue weighted by atomic mass is 32.1. The molecular formula is C8H9N5S. The van der Waals surface area contributed by atoms with Gasteiger partial charge in [0.15, 0.2) is 4.77 Å². The summed E-state index contributed by atoms with van der Waals surface area (Å²) in [6, 6.07) is 1.91. The van der Waals surface area contributed by atoms with Crippen molar-refractivity contribution in [1.82, 2.24) is 25.0 Å². The molecule has 6 heteroatoms. The van der Waals surface area contributed by atoms with Crippen molar-refractivity contribution in [3.63, 3.8) is 0 Å². The zero-order chi connectivity index (χ0) is 10.1. The van der Waals surface area contributed by atoms with Crippen LogP contribution in [-0.2, 0) is 7.05 Å². The molecule has 0 saturated carbocycles. The molecule has 0 aliphatic heterocycles. The largest absolute Gasteiger partial charge is 0.335 e. The predicted molar refractivity (Wildman–Crippen MR) is 54.2 cm³/mol. The summed E-state index contributed by atoms with van der Waals surface area (Å²) < 4.78 is 2.14. The molecule has 0 amide bonds. The monoisotopic (exact) mass is 207 g/mol. The van der Waals surface area contributed by atoms with Crippen molar-refractivity contribution in [2.75, 3.05) is 0 Å². The summed E-state index contributed by atoms with van der Waals surface area (Å²) in [7, 11) is 1.82. The summed E-state index contributed by atoms with van der Waals surface area (Å²) in [5.41, 5.74) is 2.62. The highest BCUT2D eigenvalue weighted by Crippen LogP contribution is 2.13. The molecule has 0 bridgehead atoms. The van der Waals surface area contributed by atoms with E-state index in [2.05, 4.69) is 20.3 Å². The zero-order valence-electron chi connectivity index (χ0n) is 7.85. The lowest BCUT2D eigenvalue weighted by Crippen LogP contribution is -1.97. The van der Waals surface area contributed by atoms with Gasteiger partial charge in [-0.3, -0.25) is 0 Å². The van der Waals surface area contributed by atoms with Crippen LogP contribution in [0.4, 0.5) is 0 Å². The Morgan fingerprint density at radius 3 is 2.86 bits per heavy atom. The number of aryl methyl sites for hydroxylation is 2. The number of aromatic nitrogens is 5. The minimum absolute atomic E-state index is 0.473. The van der Waals surface area contributed by atoms with Gasteiger partial charge in [-0.05, 0) is 25.2 Å². The van der Waals surface area contributed by atoms with Crippen molar-refractivity contribution in [2.24, 2.45) is 7.05 Å². The number of aromatic amines is 1. The first-order valence-corrected chi connectivity index (χ1v) is 4.50. The number of nitrogens with one attached hydrogen (secondary N) is 1. The molecule has 72 valence electrons. The van der Waals surface area contributed by atoms with Crippen LogP contribution >= 0.6 is 12.2 Å². The second-order valence-electron chi connectivity index (χ2n) is 3.00. The van der Waals surface area contributed by atoms with Crippen molar-refractivity contribution in [3.8, 4) is 11.4 Å². The third-order valence-electron chi connectivity index (χ3n) is 1.86. The molecule has 0 aliphatic carbocycles. The fourth-order valence-corrected chi connectivity index (χ4v) is 1.49. The molecule has 1 N–H and O–H groups in total. The van der Waals surface area contributed by atoms with Crippen LogP contribution in [0.25, 0.3) is 11.4 Å². The summed E-state index contributed by atoms with van der Waals surface area (Å²) >= 11 is 4.99. The van der Waals surface area contributed by atoms with Crippen LogP contribution in [0.5, 0.6) is 0 Å². The molecule has 0 fully saturated rings. The van der Waals surface area contributed by atoms with E-state index in [4.69, 9.17) is 12.2 Å². The van der Waals surface area contributed by atoms with Gasteiger partial charge in [-0.2, -0.15) is 0 Å². The predicted octanol–water partition coefficient (Wildman–Crippen LogP) is 1.24. The molecule has 0 radical (unpaired) electrons. The Morgan fingerprint density at radius 1 is 1.50 bits per heavy atom. The zero-order valence-corrected chi connectivity index (χ0v) is 8.67. The fourth-order valence-electron chi connectivity index (χ4n) is 1.23. The number of hydrogen-bond acceptors (Lipinski definition) is 4. The minimum atomic E-state index is 0.473. The lowest BCUT2D eigenvalue weighted by Gasteiger charge is -2.00. The average molecular weight is 207 g/mol. The molecule has 0 aromatic carbocycles. The molecule has 0 spiro atoms. The van der Waals surface area contributed by atoms with Crippen molar-refractivity contribution in [2.45, 2.75) is 6.92 Å². The Kier molecular flexibility index (Phi) is 2.12. The summed E-state index contributed by atoms with van der Waals surface area (Å²) in [5, 5.41) is 7.62. The Balaban J connectivity index is 2.63. The van der Waals surface area contributed by atoms with Gasteiger partial charge < -0.3 is 4.98 Å². The van der Waals surface area contributed by atoms with Gasteiger partial charge in [-0.25, -0.2) is 9.67 Å². The van der Waals surface area contributed by atoms with E-state index < -0.39 is 0 Å². The topological polar surface area (TPSA) is 59.4 Å². The van der Waals surface area contributed by atoms with E-state index in [1.807, 2.05) is 20.0 Å². The maximum atomic E-state index is 4.99. The SMILES string of the molecule is Cc1cc(-c2cnnn2C)nc(=S)[nH]1. The van der Waals surface area contributed by atoms with Crippen molar-refractivity contribution < 1.29 is 0 Å². The summed E-state index contributed by atoms with van der Waals surface area (Å²) in [5.74, 6) is 0. The molecule has 2 rings (SSSR count). The Morgan fingerprint density at radius 2 is 2.29 bits per heavy atom. The van der Waals surface area contributed by atoms with Gasteiger partial charge in [0.2, 0.25) is 0 Å². The van der Waals surface area contributed by atoms with Gasteiger partial charge in [-0.15, -0.1) is 5.10 Å². The van der Waals surface area contributed by atoms with Crippen molar-refractivity contribution in [1.29, 1.82) is 0 Å². The normalized spacial score (nSPS) is 10.4. The van der Waals surface area contributed by atoms with Gasteiger partial charge in [0, 0.05) is 12.7 Å². The molecule has 2 heterocycles. The van der Waals surface area contributed by atoms with Gasteiger partial charge >= 0.3 is 0 Å². The van der Waals surface area contributed by atoms with Crippen LogP contribution in [0.15, 0.2) is 12.3 Å². The van der Waals surface area contributed by atoms with E-state index in [1.54, 1.807) is 10.9 Å². The molecule has 2 aromatic rings. The van der Waals surface area contributed by atoms with E-state index in [1.165, 1.54) is 0 Å². The molecule has 0 aliphatic rings. The maximum absolute atomic E-state index is 4.99. The lowest BCUT2D eigenvalue weighted by molar-refractivity contribution is 0.718. The summed E-state index contributed by atoms with van der Waals surface area (Å²) in [6.07, 6.45) is 1.66. The van der Waals surface area contributed by atoms with Crippen LogP contribution in [0.1, 0.15) is 5.69 Å². The van der Waals surface area contributed by atoms with E-state index in [-0.39, 0.29) is 0 Å². The molecule has 2 aromatic heterocycles. The first-order chi connectivity index (χ1) is 6.66. The first-order valence-electron chi connectivity index (χ1n) is 4.10. The van der Waals surface area contributed by atoms with Gasteiger partial charge in [-0.1, -0.05) is 5.21 Å². The number of rotatable bonds is 1. The maximum Gasteiger partial charge on any atom is 0.197 e. The van der Waals surface area contributed by atoms with E-state index in [0.717, 1.165) is 17.1 Å². The minimum Gasteiger partial charge on any atom is -0.335 e. The lowest BCUT2D eigenvalue weighted by atomic mass is 10.3. The van der Waals surface area contributed by atoms with Crippen LogP contribution in [0.2, 0.25) is 0 Å². The molecule has 5 nitrogen and oxygen atoms in total. The quantitative estimate of drug-likeness (QED) is 0.715. The Labute approximate surface area is 85.8 Å². The van der Waals surface area contributed by atoms with Crippen LogP contribution in [-0.4, -0.2) is 25.0 Å². The molecular weight excluding hydrogens is 198 g/mol. The van der Waals surface area contributed by atoms with Gasteiger partial charge in [0.25, 0.3) is 0 Å². The molecule has 0 atom stereocenters. The van der Waals surface area contributed by atoms with Crippen LogP contribution < -0.4 is 0 Å². The summed E-state index contributed by atoms with van der Waals surface area (Å²) in [6.45, 7) is 1.94. The molecule has 14 heavy (non-hydrogen) atoms. The van der Waals surface area contributed by atoms with Gasteiger partial charge in [0.05, 0.1) is 11.9 Å². The number of nitrogens with zero attached hydrogens (tertiary/aromatic N) is 4. The standard InChI is InChI=1S/C8H9N5S/c1-5-3-6(11-8(14)10-5)7-4-9-12-13(7)2/h3-4H,1-2H3,(H,10,11,14). The second kappa shape index (κ2) is 3.30. The van der Waals surface area contributed by atoms with Crippen LogP contribution in [0, 0.1) is 11.7 Å². The second-order valence-corrected chi connectivity index (χ2v) is 3.38. The molecule has 0 saturated heterocycles. The number of hydrogen-bond donors (Lipinski definition) is 1. The van der Waals surface area contributed by atoms with E-state index in [9.17, 15) is 0 Å². The molecule has 0 unspecified atom stereocenters. The van der Waals surface area contributed by atoms with Gasteiger partial charge in [0.1, 0.15) is 5.69 Å². The Hall–Kier alpha value is -1.56. The van der Waals surface area contributed by atoms with Crippen molar-refractivity contribution in [3.05, 3.63) is 22.7 Å². The Bertz CT molecular complexity index is 512.